The van der Waals surface area contributed by atoms with E-state index >= 15 is 0 Å². The zero-order valence-electron chi connectivity index (χ0n) is 16.4. The van der Waals surface area contributed by atoms with Crippen LogP contribution in [0.4, 0.5) is 0 Å². The van der Waals surface area contributed by atoms with Crippen LogP contribution in [0.5, 0.6) is 0 Å². The van der Waals surface area contributed by atoms with Crippen LogP contribution in [0.2, 0.25) is 0 Å². The topological polar surface area (TPSA) is 105 Å². The molecule has 0 atom stereocenters. The van der Waals surface area contributed by atoms with Crippen LogP contribution in [0.1, 0.15) is 21.7 Å². The second-order valence-corrected chi connectivity index (χ2v) is 8.82. The van der Waals surface area contributed by atoms with Gasteiger partial charge in [0.15, 0.2) is 4.34 Å². The van der Waals surface area contributed by atoms with Gasteiger partial charge in [-0.05, 0) is 48.9 Å². The molecule has 9 heteroatoms. The SMILES string of the molecule is Cc1cc(C(=O)O)ccc1-c1ccc(C=NNC(=O)CSc2nc3ccccc3s2)o1. The number of rotatable bonds is 7. The molecule has 2 aromatic heterocycles. The van der Waals surface area contributed by atoms with Crippen molar-refractivity contribution in [1.82, 2.24) is 10.4 Å². The van der Waals surface area contributed by atoms with Gasteiger partial charge < -0.3 is 9.52 Å². The van der Waals surface area contributed by atoms with Crippen LogP contribution in [0, 0.1) is 6.92 Å². The van der Waals surface area contributed by atoms with Gasteiger partial charge in [0.05, 0.1) is 27.7 Å². The fraction of sp³-hybridized carbons (Fsp3) is 0.0909. The van der Waals surface area contributed by atoms with Gasteiger partial charge in [0.1, 0.15) is 11.5 Å². The normalized spacial score (nSPS) is 11.3. The van der Waals surface area contributed by atoms with Crippen LogP contribution in [0.25, 0.3) is 21.5 Å². The molecule has 31 heavy (non-hydrogen) atoms. The van der Waals surface area contributed by atoms with E-state index in [1.807, 2.05) is 31.2 Å². The maximum absolute atomic E-state index is 12.0. The van der Waals surface area contributed by atoms with Crippen LogP contribution in [-0.2, 0) is 4.79 Å². The molecule has 0 radical (unpaired) electrons. The average Bonchev–Trinajstić information content (AvgIpc) is 3.38. The number of amides is 1. The molecular weight excluding hydrogens is 434 g/mol. The highest BCUT2D eigenvalue weighted by atomic mass is 32.2. The molecular formula is C22H17N3O4S2. The number of carbonyl (C=O) groups excluding carboxylic acids is 1. The van der Waals surface area contributed by atoms with Crippen LogP contribution in [0.15, 0.2) is 68.5 Å². The number of furan rings is 1. The lowest BCUT2D eigenvalue weighted by molar-refractivity contribution is -0.118. The summed E-state index contributed by atoms with van der Waals surface area (Å²) >= 11 is 2.91. The first-order valence-corrected chi connectivity index (χ1v) is 11.0. The van der Waals surface area contributed by atoms with E-state index in [2.05, 4.69) is 15.5 Å². The van der Waals surface area contributed by atoms with Gasteiger partial charge >= 0.3 is 5.97 Å². The maximum Gasteiger partial charge on any atom is 0.335 e. The highest BCUT2D eigenvalue weighted by molar-refractivity contribution is 8.01. The number of thiazole rings is 1. The zero-order valence-corrected chi connectivity index (χ0v) is 18.0. The van der Waals surface area contributed by atoms with Crippen molar-refractivity contribution in [1.29, 1.82) is 0 Å². The molecule has 0 unspecified atom stereocenters. The number of carboxylic acid groups (broad SMARTS) is 1. The van der Waals surface area contributed by atoms with Crippen molar-refractivity contribution in [3.63, 3.8) is 0 Å². The summed E-state index contributed by atoms with van der Waals surface area (Å²) < 4.78 is 7.66. The Morgan fingerprint density at radius 3 is 2.84 bits per heavy atom. The van der Waals surface area contributed by atoms with E-state index in [-0.39, 0.29) is 17.2 Å². The fourth-order valence-electron chi connectivity index (χ4n) is 2.88. The number of thioether (sulfide) groups is 1. The van der Waals surface area contributed by atoms with E-state index in [4.69, 9.17) is 9.52 Å². The Labute approximate surface area is 185 Å². The van der Waals surface area contributed by atoms with Crippen molar-refractivity contribution in [3.05, 3.63) is 71.5 Å². The molecule has 156 valence electrons. The molecule has 0 saturated heterocycles. The third-order valence-corrected chi connectivity index (χ3v) is 6.53. The molecule has 2 aromatic carbocycles. The molecule has 0 aliphatic heterocycles. The Morgan fingerprint density at radius 1 is 1.23 bits per heavy atom. The van der Waals surface area contributed by atoms with E-state index in [9.17, 15) is 9.59 Å². The summed E-state index contributed by atoms with van der Waals surface area (Å²) in [6, 6.07) is 16.2. The number of hydrogen-bond acceptors (Lipinski definition) is 7. The lowest BCUT2D eigenvalue weighted by atomic mass is 10.0. The molecule has 1 amide bonds. The van der Waals surface area contributed by atoms with E-state index < -0.39 is 5.97 Å². The molecule has 0 aliphatic rings. The Hall–Kier alpha value is -3.43. The van der Waals surface area contributed by atoms with E-state index in [1.165, 1.54) is 24.0 Å². The number of aromatic nitrogens is 1. The third-order valence-electron chi connectivity index (χ3n) is 4.35. The second kappa shape index (κ2) is 9.15. The highest BCUT2D eigenvalue weighted by Crippen LogP contribution is 2.29. The van der Waals surface area contributed by atoms with Crippen LogP contribution >= 0.6 is 23.1 Å². The lowest BCUT2D eigenvalue weighted by Gasteiger charge is -2.03. The largest absolute Gasteiger partial charge is 0.478 e. The summed E-state index contributed by atoms with van der Waals surface area (Å²) in [5.74, 6) is 0.0474. The monoisotopic (exact) mass is 451 g/mol. The lowest BCUT2D eigenvalue weighted by Crippen LogP contribution is -2.19. The van der Waals surface area contributed by atoms with Crippen molar-refractivity contribution < 1.29 is 19.1 Å². The Morgan fingerprint density at radius 2 is 2.06 bits per heavy atom. The fourth-order valence-corrected chi connectivity index (χ4v) is 4.74. The number of nitrogens with zero attached hydrogens (tertiary/aromatic N) is 2. The first-order chi connectivity index (χ1) is 15.0. The number of aryl methyl sites for hydroxylation is 1. The van der Waals surface area contributed by atoms with Crippen molar-refractivity contribution >= 4 is 51.4 Å². The average molecular weight is 452 g/mol. The predicted octanol–water partition coefficient (Wildman–Crippen LogP) is 4.81. The smallest absolute Gasteiger partial charge is 0.335 e. The molecule has 0 bridgehead atoms. The third kappa shape index (κ3) is 5.01. The van der Waals surface area contributed by atoms with Gasteiger partial charge in [0, 0.05) is 5.56 Å². The number of hydrazone groups is 1. The number of para-hydroxylation sites is 1. The molecule has 0 saturated carbocycles. The first kappa shape index (κ1) is 20.8. The van der Waals surface area contributed by atoms with Gasteiger partial charge in [0.25, 0.3) is 5.91 Å². The van der Waals surface area contributed by atoms with Crippen molar-refractivity contribution in [2.45, 2.75) is 11.3 Å². The standard InChI is InChI=1S/C22H17N3O4S2/c1-13-10-14(21(27)28)6-8-16(13)18-9-7-15(29-18)11-23-25-20(26)12-30-22-24-17-4-2-3-5-19(17)31-22/h2-11H,12H2,1H3,(H,25,26)(H,27,28). The summed E-state index contributed by atoms with van der Waals surface area (Å²) in [6.45, 7) is 1.82. The number of aromatic carboxylic acids is 1. The Balaban J connectivity index is 1.32. The van der Waals surface area contributed by atoms with E-state index in [0.717, 1.165) is 25.7 Å². The number of hydrogen-bond donors (Lipinski definition) is 2. The number of benzene rings is 2. The zero-order chi connectivity index (χ0) is 21.8. The van der Waals surface area contributed by atoms with E-state index in [1.54, 1.807) is 35.6 Å². The minimum Gasteiger partial charge on any atom is -0.478 e. The molecule has 4 rings (SSSR count). The summed E-state index contributed by atoms with van der Waals surface area (Å²) in [5.41, 5.74) is 5.21. The number of carbonyl (C=O) groups is 2. The Kier molecular flexibility index (Phi) is 6.15. The number of carboxylic acids is 1. The molecule has 7 nitrogen and oxygen atoms in total. The molecule has 4 aromatic rings. The summed E-state index contributed by atoms with van der Waals surface area (Å²) in [7, 11) is 0. The minimum absolute atomic E-state index is 0.204. The van der Waals surface area contributed by atoms with Gasteiger partial charge in [-0.25, -0.2) is 15.2 Å². The quantitative estimate of drug-likeness (QED) is 0.237. The van der Waals surface area contributed by atoms with Gasteiger partial charge in [-0.2, -0.15) is 5.10 Å². The van der Waals surface area contributed by atoms with Gasteiger partial charge in [-0.15, -0.1) is 11.3 Å². The summed E-state index contributed by atoms with van der Waals surface area (Å²) in [4.78, 5) is 27.6. The number of fused-ring (bicyclic) bond motifs is 1. The van der Waals surface area contributed by atoms with Gasteiger partial charge in [0.2, 0.25) is 0 Å². The van der Waals surface area contributed by atoms with E-state index in [0.29, 0.717) is 11.5 Å². The minimum atomic E-state index is -0.973. The van der Waals surface area contributed by atoms with Crippen LogP contribution in [-0.4, -0.2) is 33.9 Å². The summed E-state index contributed by atoms with van der Waals surface area (Å²) in [6.07, 6.45) is 1.42. The molecule has 2 heterocycles. The molecule has 0 fully saturated rings. The first-order valence-electron chi connectivity index (χ1n) is 9.24. The van der Waals surface area contributed by atoms with Crippen molar-refractivity contribution in [3.8, 4) is 11.3 Å². The molecule has 2 N–H and O–H groups in total. The molecule has 0 spiro atoms. The van der Waals surface area contributed by atoms with Crippen molar-refractivity contribution in [2.24, 2.45) is 5.10 Å². The Bertz CT molecular complexity index is 1260. The van der Waals surface area contributed by atoms with Gasteiger partial charge in [-0.3, -0.25) is 4.79 Å². The van der Waals surface area contributed by atoms with Crippen LogP contribution in [0.3, 0.4) is 0 Å². The van der Waals surface area contributed by atoms with Crippen LogP contribution < -0.4 is 5.43 Å². The highest BCUT2D eigenvalue weighted by Gasteiger charge is 2.11. The van der Waals surface area contributed by atoms with Gasteiger partial charge in [-0.1, -0.05) is 30.0 Å². The molecule has 0 aliphatic carbocycles. The summed E-state index contributed by atoms with van der Waals surface area (Å²) in [5, 5.41) is 13.0. The van der Waals surface area contributed by atoms with Crippen molar-refractivity contribution in [2.75, 3.05) is 5.75 Å². The predicted molar refractivity (Wildman–Crippen MR) is 122 cm³/mol. The second-order valence-electron chi connectivity index (χ2n) is 6.57. The number of nitrogens with one attached hydrogen (secondary N) is 1. The maximum atomic E-state index is 12.0.